The molecule has 0 aliphatic carbocycles. The third-order valence-electron chi connectivity index (χ3n) is 3.76. The smallest absolute Gasteiger partial charge is 0.238 e. The Labute approximate surface area is 158 Å². The Hall–Kier alpha value is -2.44. The summed E-state index contributed by atoms with van der Waals surface area (Å²) in [5.74, 6) is 1.27. The fraction of sp³-hybridized carbons (Fsp3) is 0.316. The molecule has 0 aliphatic heterocycles. The molecule has 7 heteroatoms. The van der Waals surface area contributed by atoms with Crippen molar-refractivity contribution in [1.29, 1.82) is 0 Å². The molecule has 2 aromatic carbocycles. The van der Waals surface area contributed by atoms with Crippen molar-refractivity contribution in [1.82, 2.24) is 4.90 Å². The van der Waals surface area contributed by atoms with E-state index < -0.39 is 0 Å². The standard InChI is InChI=1S/C19H23ClN2O4/c1-22(11-13-7-5-6-8-15(13)20)12-18(23)21-14-9-16(24-2)19(26-4)17(10-14)25-3/h5-10H,11-12H2,1-4H3,(H,21,23). The minimum Gasteiger partial charge on any atom is -0.493 e. The lowest BCUT2D eigenvalue weighted by molar-refractivity contribution is -0.117. The summed E-state index contributed by atoms with van der Waals surface area (Å²) in [6.07, 6.45) is 0. The van der Waals surface area contributed by atoms with Crippen LogP contribution in [0.3, 0.4) is 0 Å². The maximum absolute atomic E-state index is 12.4. The number of amides is 1. The maximum atomic E-state index is 12.4. The molecule has 0 aliphatic rings. The number of hydrogen-bond donors (Lipinski definition) is 1. The van der Waals surface area contributed by atoms with E-state index in [1.807, 2.05) is 36.2 Å². The number of benzene rings is 2. The van der Waals surface area contributed by atoms with Crippen molar-refractivity contribution in [2.45, 2.75) is 6.54 Å². The lowest BCUT2D eigenvalue weighted by atomic mass is 10.2. The number of carbonyl (C=O) groups excluding carboxylic acids is 1. The average Bonchev–Trinajstić information content (AvgIpc) is 2.62. The van der Waals surface area contributed by atoms with Crippen molar-refractivity contribution in [3.63, 3.8) is 0 Å². The molecule has 140 valence electrons. The first-order chi connectivity index (χ1) is 12.5. The van der Waals surface area contributed by atoms with Crippen molar-refractivity contribution in [2.75, 3.05) is 40.2 Å². The molecule has 0 unspecified atom stereocenters. The lowest BCUT2D eigenvalue weighted by Gasteiger charge is -2.18. The molecule has 0 heterocycles. The first kappa shape index (κ1) is 19.9. The minimum atomic E-state index is -0.158. The second-order valence-electron chi connectivity index (χ2n) is 5.73. The van der Waals surface area contributed by atoms with Gasteiger partial charge in [0.1, 0.15) is 0 Å². The van der Waals surface area contributed by atoms with Crippen molar-refractivity contribution in [3.8, 4) is 17.2 Å². The highest BCUT2D eigenvalue weighted by atomic mass is 35.5. The van der Waals surface area contributed by atoms with Gasteiger partial charge < -0.3 is 19.5 Å². The quantitative estimate of drug-likeness (QED) is 0.762. The molecule has 0 fully saturated rings. The Kier molecular flexibility index (Phi) is 7.12. The second kappa shape index (κ2) is 9.31. The number of likely N-dealkylation sites (N-methyl/N-ethyl adjacent to an activating group) is 1. The number of anilines is 1. The summed E-state index contributed by atoms with van der Waals surface area (Å²) < 4.78 is 15.9. The van der Waals surface area contributed by atoms with Crippen LogP contribution in [0.25, 0.3) is 0 Å². The monoisotopic (exact) mass is 378 g/mol. The number of carbonyl (C=O) groups is 1. The van der Waals surface area contributed by atoms with E-state index in [9.17, 15) is 4.79 Å². The first-order valence-corrected chi connectivity index (χ1v) is 8.38. The third-order valence-corrected chi connectivity index (χ3v) is 4.13. The van der Waals surface area contributed by atoms with Crippen LogP contribution in [0, 0.1) is 0 Å². The number of ether oxygens (including phenoxy) is 3. The third kappa shape index (κ3) is 5.03. The minimum absolute atomic E-state index is 0.158. The van der Waals surface area contributed by atoms with Crippen LogP contribution in [0.5, 0.6) is 17.2 Å². The highest BCUT2D eigenvalue weighted by molar-refractivity contribution is 6.31. The highest BCUT2D eigenvalue weighted by Crippen LogP contribution is 2.39. The second-order valence-corrected chi connectivity index (χ2v) is 6.13. The fourth-order valence-electron chi connectivity index (χ4n) is 2.57. The van der Waals surface area contributed by atoms with E-state index in [0.717, 1.165) is 5.56 Å². The van der Waals surface area contributed by atoms with E-state index in [1.165, 1.54) is 21.3 Å². The van der Waals surface area contributed by atoms with Crippen molar-refractivity contribution in [2.24, 2.45) is 0 Å². The Morgan fingerprint density at radius 3 is 2.23 bits per heavy atom. The van der Waals surface area contributed by atoms with Crippen LogP contribution in [0.1, 0.15) is 5.56 Å². The van der Waals surface area contributed by atoms with Gasteiger partial charge in [0.25, 0.3) is 0 Å². The SMILES string of the molecule is COc1cc(NC(=O)CN(C)Cc2ccccc2Cl)cc(OC)c1OC. The summed E-state index contributed by atoms with van der Waals surface area (Å²) >= 11 is 6.16. The van der Waals surface area contributed by atoms with Gasteiger partial charge in [-0.15, -0.1) is 0 Å². The molecule has 6 nitrogen and oxygen atoms in total. The lowest BCUT2D eigenvalue weighted by Crippen LogP contribution is -2.29. The van der Waals surface area contributed by atoms with Gasteiger partial charge in [-0.3, -0.25) is 9.69 Å². The molecule has 0 spiro atoms. The normalized spacial score (nSPS) is 10.5. The molecule has 0 saturated carbocycles. The largest absolute Gasteiger partial charge is 0.493 e. The average molecular weight is 379 g/mol. The molecule has 1 N–H and O–H groups in total. The van der Waals surface area contributed by atoms with E-state index in [-0.39, 0.29) is 12.5 Å². The molecule has 0 saturated heterocycles. The highest BCUT2D eigenvalue weighted by Gasteiger charge is 2.15. The van der Waals surface area contributed by atoms with Gasteiger partial charge >= 0.3 is 0 Å². The number of nitrogens with zero attached hydrogens (tertiary/aromatic N) is 1. The Bertz CT molecular complexity index is 742. The summed E-state index contributed by atoms with van der Waals surface area (Å²) in [5.41, 5.74) is 1.54. The van der Waals surface area contributed by atoms with Crippen LogP contribution in [0.2, 0.25) is 5.02 Å². The van der Waals surface area contributed by atoms with E-state index in [2.05, 4.69) is 5.32 Å². The molecular weight excluding hydrogens is 356 g/mol. The summed E-state index contributed by atoms with van der Waals surface area (Å²) in [4.78, 5) is 14.2. The van der Waals surface area contributed by atoms with Gasteiger partial charge in [0.2, 0.25) is 11.7 Å². The molecular formula is C19H23ClN2O4. The molecule has 0 aromatic heterocycles. The van der Waals surface area contributed by atoms with E-state index >= 15 is 0 Å². The van der Waals surface area contributed by atoms with Crippen molar-refractivity contribution >= 4 is 23.2 Å². The van der Waals surface area contributed by atoms with Gasteiger partial charge in [0, 0.05) is 29.4 Å². The zero-order valence-corrected chi connectivity index (χ0v) is 16.1. The molecule has 0 radical (unpaired) electrons. The van der Waals surface area contributed by atoms with Gasteiger partial charge in [-0.25, -0.2) is 0 Å². The Balaban J connectivity index is 2.04. The van der Waals surface area contributed by atoms with Gasteiger partial charge in [-0.2, -0.15) is 0 Å². The Morgan fingerprint density at radius 1 is 1.08 bits per heavy atom. The van der Waals surface area contributed by atoms with Crippen LogP contribution in [0.15, 0.2) is 36.4 Å². The summed E-state index contributed by atoms with van der Waals surface area (Å²) in [7, 11) is 6.45. The predicted octanol–water partition coefficient (Wildman–Crippen LogP) is 3.44. The predicted molar refractivity (Wildman–Crippen MR) is 103 cm³/mol. The zero-order chi connectivity index (χ0) is 19.1. The molecule has 2 aromatic rings. The number of nitrogens with one attached hydrogen (secondary N) is 1. The summed E-state index contributed by atoms with van der Waals surface area (Å²) in [6.45, 7) is 0.782. The van der Waals surface area contributed by atoms with Crippen molar-refractivity contribution < 1.29 is 19.0 Å². The van der Waals surface area contributed by atoms with E-state index in [4.69, 9.17) is 25.8 Å². The van der Waals surface area contributed by atoms with Gasteiger partial charge in [0.05, 0.1) is 27.9 Å². The van der Waals surface area contributed by atoms with Crippen molar-refractivity contribution in [3.05, 3.63) is 47.0 Å². The number of halogens is 1. The number of hydrogen-bond acceptors (Lipinski definition) is 5. The number of rotatable bonds is 8. The van der Waals surface area contributed by atoms with Crippen LogP contribution < -0.4 is 19.5 Å². The van der Waals surface area contributed by atoms with Crippen LogP contribution in [-0.2, 0) is 11.3 Å². The molecule has 26 heavy (non-hydrogen) atoms. The molecule has 1 amide bonds. The van der Waals surface area contributed by atoms with E-state index in [1.54, 1.807) is 12.1 Å². The van der Waals surface area contributed by atoms with Gasteiger partial charge in [-0.1, -0.05) is 29.8 Å². The first-order valence-electron chi connectivity index (χ1n) is 8.00. The molecule has 0 atom stereocenters. The van der Waals surface area contributed by atoms with Crippen LogP contribution in [0.4, 0.5) is 5.69 Å². The molecule has 0 bridgehead atoms. The Morgan fingerprint density at radius 2 is 1.69 bits per heavy atom. The summed E-state index contributed by atoms with van der Waals surface area (Å²) in [6, 6.07) is 10.9. The maximum Gasteiger partial charge on any atom is 0.238 e. The number of methoxy groups -OCH3 is 3. The zero-order valence-electron chi connectivity index (χ0n) is 15.3. The van der Waals surface area contributed by atoms with Gasteiger partial charge in [-0.05, 0) is 18.7 Å². The van der Waals surface area contributed by atoms with E-state index in [0.29, 0.717) is 34.5 Å². The van der Waals surface area contributed by atoms with Crippen LogP contribution >= 0.6 is 11.6 Å². The topological polar surface area (TPSA) is 60.0 Å². The van der Waals surface area contributed by atoms with Gasteiger partial charge in [0.15, 0.2) is 11.5 Å². The van der Waals surface area contributed by atoms with Crippen LogP contribution in [-0.4, -0.2) is 45.7 Å². The molecule has 2 rings (SSSR count). The fourth-order valence-corrected chi connectivity index (χ4v) is 2.77. The summed E-state index contributed by atoms with van der Waals surface area (Å²) in [5, 5.41) is 3.53.